The first kappa shape index (κ1) is 12.8. The van der Waals surface area contributed by atoms with Crippen molar-refractivity contribution in [3.63, 3.8) is 0 Å². The second-order valence-electron chi connectivity index (χ2n) is 4.27. The minimum Gasteiger partial charge on any atom is -0.464 e. The molecular formula is C12H18N4O2. The lowest BCUT2D eigenvalue weighted by Gasteiger charge is -2.14. The zero-order chi connectivity index (χ0) is 12.8. The van der Waals surface area contributed by atoms with E-state index >= 15 is 0 Å². The molecule has 0 bridgehead atoms. The molecule has 6 heteroatoms. The molecule has 0 aliphatic carbocycles. The van der Waals surface area contributed by atoms with E-state index < -0.39 is 5.97 Å². The molecule has 2 heterocycles. The van der Waals surface area contributed by atoms with Gasteiger partial charge in [0.15, 0.2) is 5.69 Å². The minimum absolute atomic E-state index is 0.225. The van der Waals surface area contributed by atoms with Gasteiger partial charge in [0.1, 0.15) is 5.82 Å². The lowest BCUT2D eigenvalue weighted by atomic mass is 10.4. The molecule has 1 aliphatic heterocycles. The monoisotopic (exact) mass is 250 g/mol. The van der Waals surface area contributed by atoms with Crippen molar-refractivity contribution in [3.8, 4) is 0 Å². The van der Waals surface area contributed by atoms with Crippen LogP contribution in [0.25, 0.3) is 0 Å². The summed E-state index contributed by atoms with van der Waals surface area (Å²) >= 11 is 0. The van der Waals surface area contributed by atoms with Gasteiger partial charge in [0, 0.05) is 13.1 Å². The maximum absolute atomic E-state index is 11.2. The van der Waals surface area contributed by atoms with E-state index in [1.54, 1.807) is 12.1 Å². The number of hydrogen-bond donors (Lipinski definition) is 1. The van der Waals surface area contributed by atoms with Crippen LogP contribution in [0.3, 0.4) is 0 Å². The largest absolute Gasteiger partial charge is 0.464 e. The number of nitrogens with one attached hydrogen (secondary N) is 1. The molecule has 1 fully saturated rings. The molecule has 18 heavy (non-hydrogen) atoms. The van der Waals surface area contributed by atoms with E-state index in [1.165, 1.54) is 33.0 Å². The van der Waals surface area contributed by atoms with Crippen molar-refractivity contribution in [1.82, 2.24) is 15.1 Å². The number of nitrogens with zero attached hydrogens (tertiary/aromatic N) is 3. The Morgan fingerprint density at radius 1 is 1.39 bits per heavy atom. The maximum Gasteiger partial charge on any atom is 0.358 e. The first-order valence-corrected chi connectivity index (χ1v) is 6.18. The molecule has 2 rings (SSSR count). The number of likely N-dealkylation sites (tertiary alicyclic amines) is 1. The lowest BCUT2D eigenvalue weighted by Crippen LogP contribution is -2.26. The van der Waals surface area contributed by atoms with Gasteiger partial charge in [-0.25, -0.2) is 4.79 Å². The van der Waals surface area contributed by atoms with Crippen LogP contribution in [0.5, 0.6) is 0 Å². The Bertz CT molecular complexity index is 388. The summed E-state index contributed by atoms with van der Waals surface area (Å²) in [6.45, 7) is 4.23. The zero-order valence-electron chi connectivity index (χ0n) is 10.6. The SMILES string of the molecule is COC(=O)c1ccc(NCCN2CCCC2)nn1. The average Bonchev–Trinajstić information content (AvgIpc) is 2.92. The number of methoxy groups -OCH3 is 1. The number of carbonyl (C=O) groups is 1. The van der Waals surface area contributed by atoms with Gasteiger partial charge >= 0.3 is 5.97 Å². The third kappa shape index (κ3) is 3.40. The van der Waals surface area contributed by atoms with Crippen LogP contribution in [-0.2, 0) is 4.74 Å². The highest BCUT2D eigenvalue weighted by Crippen LogP contribution is 2.07. The van der Waals surface area contributed by atoms with Crippen molar-refractivity contribution in [2.24, 2.45) is 0 Å². The number of hydrogen-bond acceptors (Lipinski definition) is 6. The van der Waals surface area contributed by atoms with Gasteiger partial charge in [0.2, 0.25) is 0 Å². The second-order valence-corrected chi connectivity index (χ2v) is 4.27. The summed E-state index contributed by atoms with van der Waals surface area (Å²) in [6, 6.07) is 3.35. The number of rotatable bonds is 5. The van der Waals surface area contributed by atoms with Crippen LogP contribution in [0.1, 0.15) is 23.3 Å². The molecule has 0 amide bonds. The molecule has 0 spiro atoms. The van der Waals surface area contributed by atoms with Gasteiger partial charge < -0.3 is 15.0 Å². The highest BCUT2D eigenvalue weighted by molar-refractivity contribution is 5.86. The zero-order valence-corrected chi connectivity index (χ0v) is 10.6. The molecule has 0 unspecified atom stereocenters. The van der Waals surface area contributed by atoms with Crippen LogP contribution in [0, 0.1) is 0 Å². The molecule has 0 saturated carbocycles. The van der Waals surface area contributed by atoms with Crippen LogP contribution < -0.4 is 5.32 Å². The van der Waals surface area contributed by atoms with Crippen LogP contribution in [0.2, 0.25) is 0 Å². The lowest BCUT2D eigenvalue weighted by molar-refractivity contribution is 0.0593. The van der Waals surface area contributed by atoms with E-state index in [9.17, 15) is 4.79 Å². The summed E-state index contributed by atoms with van der Waals surface area (Å²) in [7, 11) is 1.33. The fourth-order valence-corrected chi connectivity index (χ4v) is 1.99. The van der Waals surface area contributed by atoms with Crippen molar-refractivity contribution in [2.75, 3.05) is 38.6 Å². The highest BCUT2D eigenvalue weighted by atomic mass is 16.5. The number of ether oxygens (including phenoxy) is 1. The number of anilines is 1. The molecular weight excluding hydrogens is 232 g/mol. The van der Waals surface area contributed by atoms with E-state index in [4.69, 9.17) is 0 Å². The van der Waals surface area contributed by atoms with Crippen molar-refractivity contribution in [2.45, 2.75) is 12.8 Å². The van der Waals surface area contributed by atoms with Crippen LogP contribution in [-0.4, -0.2) is 54.4 Å². The van der Waals surface area contributed by atoms with E-state index in [0.29, 0.717) is 5.82 Å². The van der Waals surface area contributed by atoms with Crippen molar-refractivity contribution >= 4 is 11.8 Å². The Labute approximate surface area is 106 Å². The third-order valence-electron chi connectivity index (χ3n) is 2.99. The van der Waals surface area contributed by atoms with Crippen LogP contribution in [0.15, 0.2) is 12.1 Å². The first-order valence-electron chi connectivity index (χ1n) is 6.18. The van der Waals surface area contributed by atoms with Gasteiger partial charge in [-0.15, -0.1) is 10.2 Å². The number of carbonyl (C=O) groups excluding carboxylic acids is 1. The van der Waals surface area contributed by atoms with Gasteiger partial charge in [-0.1, -0.05) is 0 Å². The number of esters is 1. The predicted molar refractivity (Wildman–Crippen MR) is 67.5 cm³/mol. The Morgan fingerprint density at radius 2 is 2.17 bits per heavy atom. The normalized spacial score (nSPS) is 15.6. The fraction of sp³-hybridized carbons (Fsp3) is 0.583. The third-order valence-corrected chi connectivity index (χ3v) is 2.99. The molecule has 1 saturated heterocycles. The summed E-state index contributed by atoms with van der Waals surface area (Å²) in [5.74, 6) is 0.216. The number of aromatic nitrogens is 2. The van der Waals surface area contributed by atoms with E-state index in [1.807, 2.05) is 0 Å². The fourth-order valence-electron chi connectivity index (χ4n) is 1.99. The smallest absolute Gasteiger partial charge is 0.358 e. The molecule has 0 atom stereocenters. The summed E-state index contributed by atoms with van der Waals surface area (Å²) in [6.07, 6.45) is 2.60. The quantitative estimate of drug-likeness (QED) is 0.779. The van der Waals surface area contributed by atoms with Gasteiger partial charge in [0.25, 0.3) is 0 Å². The molecule has 1 aliphatic rings. The second kappa shape index (κ2) is 6.30. The van der Waals surface area contributed by atoms with Gasteiger partial charge in [-0.3, -0.25) is 0 Å². The first-order chi connectivity index (χ1) is 8.79. The Balaban J connectivity index is 1.77. The highest BCUT2D eigenvalue weighted by Gasteiger charge is 2.11. The van der Waals surface area contributed by atoms with Gasteiger partial charge in [-0.2, -0.15) is 0 Å². The Morgan fingerprint density at radius 3 is 2.78 bits per heavy atom. The Kier molecular flexibility index (Phi) is 4.46. The van der Waals surface area contributed by atoms with E-state index in [-0.39, 0.29) is 5.69 Å². The summed E-state index contributed by atoms with van der Waals surface area (Å²) in [5.41, 5.74) is 0.225. The topological polar surface area (TPSA) is 67.3 Å². The minimum atomic E-state index is -0.467. The molecule has 98 valence electrons. The standard InChI is InChI=1S/C12H18N4O2/c1-18-12(17)10-4-5-11(15-14-10)13-6-9-16-7-2-3-8-16/h4-5H,2-3,6-9H2,1H3,(H,13,15). The summed E-state index contributed by atoms with van der Waals surface area (Å²) in [5, 5.41) is 10.9. The Hall–Kier alpha value is -1.69. The molecule has 1 aromatic rings. The summed E-state index contributed by atoms with van der Waals surface area (Å²) in [4.78, 5) is 13.6. The van der Waals surface area contributed by atoms with Crippen molar-refractivity contribution < 1.29 is 9.53 Å². The molecule has 1 N–H and O–H groups in total. The summed E-state index contributed by atoms with van der Waals surface area (Å²) < 4.78 is 4.56. The van der Waals surface area contributed by atoms with Gasteiger partial charge in [0.05, 0.1) is 7.11 Å². The van der Waals surface area contributed by atoms with Crippen LogP contribution >= 0.6 is 0 Å². The predicted octanol–water partition coefficient (Wildman–Crippen LogP) is 0.771. The van der Waals surface area contributed by atoms with Gasteiger partial charge in [-0.05, 0) is 38.1 Å². The van der Waals surface area contributed by atoms with Crippen molar-refractivity contribution in [3.05, 3.63) is 17.8 Å². The molecule has 0 aromatic carbocycles. The molecule has 1 aromatic heterocycles. The maximum atomic E-state index is 11.2. The molecule has 6 nitrogen and oxygen atoms in total. The average molecular weight is 250 g/mol. The van der Waals surface area contributed by atoms with Crippen LogP contribution in [0.4, 0.5) is 5.82 Å². The van der Waals surface area contributed by atoms with Crippen molar-refractivity contribution in [1.29, 1.82) is 0 Å². The van der Waals surface area contributed by atoms with E-state index in [0.717, 1.165) is 13.1 Å². The van der Waals surface area contributed by atoms with E-state index in [2.05, 4.69) is 25.2 Å². The molecule has 0 radical (unpaired) electrons.